The molecule has 33 heavy (non-hydrogen) atoms. The van der Waals surface area contributed by atoms with Gasteiger partial charge in [-0.15, -0.1) is 6.58 Å². The summed E-state index contributed by atoms with van der Waals surface area (Å²) in [6, 6.07) is 15.4. The molecule has 1 aliphatic carbocycles. The van der Waals surface area contributed by atoms with Crippen LogP contribution in [0.4, 0.5) is 13.2 Å². The number of allylic oxidation sites excluding steroid dienone is 1. The quantitative estimate of drug-likeness (QED) is 0.327. The summed E-state index contributed by atoms with van der Waals surface area (Å²) in [7, 11) is 1.30. The molecular formula is C29H29F3O. The van der Waals surface area contributed by atoms with Crippen molar-refractivity contribution in [1.29, 1.82) is 0 Å². The van der Waals surface area contributed by atoms with E-state index in [9.17, 15) is 8.78 Å². The SMILES string of the molecule is C=CCCC1CCC(c2ccc(-c3ccc(-c4ccc(OC)c(F)c4F)cc3)cc2F)CC1. The van der Waals surface area contributed by atoms with Crippen molar-refractivity contribution in [2.24, 2.45) is 5.92 Å². The third kappa shape index (κ3) is 5.00. The van der Waals surface area contributed by atoms with Crippen molar-refractivity contribution >= 4 is 0 Å². The van der Waals surface area contributed by atoms with E-state index in [0.717, 1.165) is 54.7 Å². The Morgan fingerprint density at radius 1 is 0.848 bits per heavy atom. The molecule has 4 heteroatoms. The van der Waals surface area contributed by atoms with Crippen molar-refractivity contribution in [3.63, 3.8) is 0 Å². The second-order valence-electron chi connectivity index (χ2n) is 8.84. The highest BCUT2D eigenvalue weighted by Crippen LogP contribution is 2.39. The summed E-state index contributed by atoms with van der Waals surface area (Å²) in [6.45, 7) is 3.80. The number of hydrogen-bond donors (Lipinski definition) is 0. The molecule has 0 saturated heterocycles. The van der Waals surface area contributed by atoms with Gasteiger partial charge in [0, 0.05) is 5.56 Å². The van der Waals surface area contributed by atoms with Crippen LogP contribution in [0.3, 0.4) is 0 Å². The van der Waals surface area contributed by atoms with Gasteiger partial charge in [-0.25, -0.2) is 8.78 Å². The molecule has 0 aliphatic heterocycles. The van der Waals surface area contributed by atoms with Crippen molar-refractivity contribution in [1.82, 2.24) is 0 Å². The van der Waals surface area contributed by atoms with Crippen LogP contribution in [-0.4, -0.2) is 7.11 Å². The molecule has 1 aliphatic rings. The minimum absolute atomic E-state index is 0.131. The maximum atomic E-state index is 15.0. The van der Waals surface area contributed by atoms with E-state index in [1.165, 1.54) is 25.7 Å². The summed E-state index contributed by atoms with van der Waals surface area (Å²) in [5.41, 5.74) is 3.09. The zero-order chi connectivity index (χ0) is 23.4. The first-order chi connectivity index (χ1) is 16.0. The van der Waals surface area contributed by atoms with E-state index < -0.39 is 11.6 Å². The van der Waals surface area contributed by atoms with E-state index in [2.05, 4.69) is 6.58 Å². The van der Waals surface area contributed by atoms with Gasteiger partial charge in [0.2, 0.25) is 5.82 Å². The molecule has 0 amide bonds. The lowest BCUT2D eigenvalue weighted by atomic mass is 9.77. The molecule has 3 aromatic rings. The Hall–Kier alpha value is -3.01. The lowest BCUT2D eigenvalue weighted by molar-refractivity contribution is 0.308. The number of halogens is 3. The van der Waals surface area contributed by atoms with Gasteiger partial charge in [0.15, 0.2) is 11.6 Å². The number of benzene rings is 3. The Morgan fingerprint density at radius 3 is 2.15 bits per heavy atom. The molecule has 0 N–H and O–H groups in total. The fourth-order valence-electron chi connectivity index (χ4n) is 4.91. The fourth-order valence-corrected chi connectivity index (χ4v) is 4.91. The largest absolute Gasteiger partial charge is 0.494 e. The molecule has 0 unspecified atom stereocenters. The average molecular weight is 451 g/mol. The van der Waals surface area contributed by atoms with E-state index in [1.54, 1.807) is 30.3 Å². The molecule has 3 aromatic carbocycles. The molecular weight excluding hydrogens is 421 g/mol. The summed E-state index contributed by atoms with van der Waals surface area (Å²) in [5, 5.41) is 0. The van der Waals surface area contributed by atoms with Crippen LogP contribution in [0.5, 0.6) is 5.75 Å². The molecule has 0 bridgehead atoms. The predicted molar refractivity (Wildman–Crippen MR) is 128 cm³/mol. The minimum atomic E-state index is -1.01. The van der Waals surface area contributed by atoms with Gasteiger partial charge >= 0.3 is 0 Å². The Bertz CT molecular complexity index is 1110. The summed E-state index contributed by atoms with van der Waals surface area (Å²) in [5.74, 6) is -1.26. The fraction of sp³-hybridized carbons (Fsp3) is 0.310. The van der Waals surface area contributed by atoms with Crippen LogP contribution >= 0.6 is 0 Å². The smallest absolute Gasteiger partial charge is 0.201 e. The van der Waals surface area contributed by atoms with E-state index in [4.69, 9.17) is 4.74 Å². The van der Waals surface area contributed by atoms with Crippen molar-refractivity contribution in [2.75, 3.05) is 7.11 Å². The Balaban J connectivity index is 1.49. The van der Waals surface area contributed by atoms with Gasteiger partial charge in [0.05, 0.1) is 7.11 Å². The molecule has 4 rings (SSSR count). The van der Waals surface area contributed by atoms with Gasteiger partial charge in [-0.3, -0.25) is 0 Å². The lowest BCUT2D eigenvalue weighted by Gasteiger charge is -2.29. The first-order valence-corrected chi connectivity index (χ1v) is 11.5. The van der Waals surface area contributed by atoms with Gasteiger partial charge in [0.1, 0.15) is 5.82 Å². The summed E-state index contributed by atoms with van der Waals surface area (Å²) < 4.78 is 48.3. The van der Waals surface area contributed by atoms with Crippen LogP contribution in [-0.2, 0) is 0 Å². The van der Waals surface area contributed by atoms with Crippen LogP contribution in [0.15, 0.2) is 67.3 Å². The zero-order valence-electron chi connectivity index (χ0n) is 18.9. The standard InChI is InChI=1S/C29H29F3O/c1-3-4-5-19-6-8-21(9-7-19)24-15-14-23(18-26(24)30)20-10-12-22(13-11-20)25-16-17-27(33-2)29(32)28(25)31/h3,10-19,21H,1,4-9H2,2H3. The van der Waals surface area contributed by atoms with Crippen LogP contribution < -0.4 is 4.74 Å². The van der Waals surface area contributed by atoms with Crippen molar-refractivity contribution in [2.45, 2.75) is 44.4 Å². The molecule has 1 nitrogen and oxygen atoms in total. The number of rotatable bonds is 7. The normalized spacial score (nSPS) is 18.2. The highest BCUT2D eigenvalue weighted by Gasteiger charge is 2.24. The van der Waals surface area contributed by atoms with Crippen molar-refractivity contribution in [3.8, 4) is 28.0 Å². The average Bonchev–Trinajstić information content (AvgIpc) is 2.85. The molecule has 0 aromatic heterocycles. The van der Waals surface area contributed by atoms with Gasteiger partial charge in [-0.2, -0.15) is 4.39 Å². The molecule has 0 heterocycles. The first kappa shape index (κ1) is 23.2. The molecule has 0 atom stereocenters. The first-order valence-electron chi connectivity index (χ1n) is 11.5. The van der Waals surface area contributed by atoms with Gasteiger partial charge in [-0.05, 0) is 90.8 Å². The van der Waals surface area contributed by atoms with E-state index in [0.29, 0.717) is 5.56 Å². The van der Waals surface area contributed by atoms with Gasteiger partial charge in [0.25, 0.3) is 0 Å². The zero-order valence-corrected chi connectivity index (χ0v) is 18.9. The predicted octanol–water partition coefficient (Wildman–Crippen LogP) is 8.69. The molecule has 1 fully saturated rings. The molecule has 1 saturated carbocycles. The highest BCUT2D eigenvalue weighted by atomic mass is 19.2. The number of hydrogen-bond acceptors (Lipinski definition) is 1. The topological polar surface area (TPSA) is 9.23 Å². The Morgan fingerprint density at radius 2 is 1.52 bits per heavy atom. The highest BCUT2D eigenvalue weighted by molar-refractivity contribution is 5.71. The van der Waals surface area contributed by atoms with Crippen LogP contribution in [0.1, 0.15) is 50.0 Å². The minimum Gasteiger partial charge on any atom is -0.494 e. The van der Waals surface area contributed by atoms with E-state index in [-0.39, 0.29) is 23.0 Å². The lowest BCUT2D eigenvalue weighted by Crippen LogP contribution is -2.14. The van der Waals surface area contributed by atoms with E-state index >= 15 is 4.39 Å². The summed E-state index contributed by atoms with van der Waals surface area (Å²) >= 11 is 0. The van der Waals surface area contributed by atoms with Gasteiger partial charge in [-0.1, -0.05) is 42.5 Å². The third-order valence-corrected chi connectivity index (χ3v) is 6.86. The maximum absolute atomic E-state index is 15.0. The second-order valence-corrected chi connectivity index (χ2v) is 8.84. The maximum Gasteiger partial charge on any atom is 0.201 e. The van der Waals surface area contributed by atoms with Gasteiger partial charge < -0.3 is 4.74 Å². The number of ether oxygens (including phenoxy) is 1. The van der Waals surface area contributed by atoms with E-state index in [1.807, 2.05) is 18.2 Å². The molecule has 172 valence electrons. The number of methoxy groups -OCH3 is 1. The monoisotopic (exact) mass is 450 g/mol. The Kier molecular flexibility index (Phi) is 7.22. The second kappa shape index (κ2) is 10.3. The van der Waals surface area contributed by atoms with Crippen LogP contribution in [0, 0.1) is 23.4 Å². The van der Waals surface area contributed by atoms with Crippen molar-refractivity contribution < 1.29 is 17.9 Å². The van der Waals surface area contributed by atoms with Crippen LogP contribution in [0.25, 0.3) is 22.3 Å². The molecule has 0 spiro atoms. The Labute approximate surface area is 193 Å². The molecule has 0 radical (unpaired) electrons. The van der Waals surface area contributed by atoms with Crippen molar-refractivity contribution in [3.05, 3.63) is 90.3 Å². The summed E-state index contributed by atoms with van der Waals surface area (Å²) in [6.07, 6.45) is 8.54. The summed E-state index contributed by atoms with van der Waals surface area (Å²) in [4.78, 5) is 0. The van der Waals surface area contributed by atoms with Crippen LogP contribution in [0.2, 0.25) is 0 Å². The third-order valence-electron chi connectivity index (χ3n) is 6.86.